The second kappa shape index (κ2) is 16.1. The van der Waals surface area contributed by atoms with E-state index in [0.29, 0.717) is 0 Å². The summed E-state index contributed by atoms with van der Waals surface area (Å²) in [6, 6.07) is 0. The molecule has 4 heavy (non-hydrogen) atoms. The van der Waals surface area contributed by atoms with Gasteiger partial charge < -0.3 is 2.85 Å². The third kappa shape index (κ3) is 9.06. The molecule has 0 spiro atoms. The van der Waals surface area contributed by atoms with Crippen LogP contribution in [0.5, 0.6) is 0 Å². The molecule has 0 aromatic heterocycles. The number of rotatable bonds is 0. The van der Waals surface area contributed by atoms with E-state index in [9.17, 15) is 0 Å². The van der Waals surface area contributed by atoms with E-state index in [1.54, 1.807) is 0 Å². The molecule has 0 bridgehead atoms. The quantitative estimate of drug-likeness (QED) is 0.455. The Balaban J connectivity index is 0. The van der Waals surface area contributed by atoms with Crippen molar-refractivity contribution in [1.29, 1.82) is 0 Å². The summed E-state index contributed by atoms with van der Waals surface area (Å²) in [5.41, 5.74) is 0. The Bertz CT molecular complexity index is 13.5. The first-order valence-electron chi connectivity index (χ1n) is 0. The predicted octanol–water partition coefficient (Wildman–Crippen LogP) is -1.08. The zero-order chi connectivity index (χ0) is 0. The van der Waals surface area contributed by atoms with Crippen molar-refractivity contribution in [1.82, 2.24) is 0 Å². The number of hydrogen-bond donors (Lipinski definition) is 0. The van der Waals surface area contributed by atoms with Crippen LogP contribution in [0.2, 0.25) is 0 Å². The Morgan fingerprint density at radius 1 is 1.25 bits per heavy atom. The first-order chi connectivity index (χ1) is 0. The van der Waals surface area contributed by atoms with Crippen LogP contribution in [0.3, 0.4) is 0 Å². The van der Waals surface area contributed by atoms with Crippen molar-refractivity contribution in [3.05, 3.63) is 0 Å². The average Bonchev–Trinajstić information content (AvgIpc) is 0. The summed E-state index contributed by atoms with van der Waals surface area (Å²) in [4.78, 5) is 0. The summed E-state index contributed by atoms with van der Waals surface area (Å²) < 4.78 is 0. The van der Waals surface area contributed by atoms with E-state index in [1.165, 1.54) is 0 Å². The maximum atomic E-state index is 0. The van der Waals surface area contributed by atoms with Crippen molar-refractivity contribution >= 4 is 65.0 Å². The fourth-order valence-electron chi connectivity index (χ4n) is 0. The van der Waals surface area contributed by atoms with Crippen LogP contribution in [-0.2, 0) is 39.4 Å². The molecule has 0 aromatic carbocycles. The predicted molar refractivity (Wildman–Crippen MR) is 16.5 cm³/mol. The van der Waals surface area contributed by atoms with Crippen molar-refractivity contribution in [3.8, 4) is 0 Å². The monoisotopic (exact) mass is 401 g/mol. The first kappa shape index (κ1) is 26.1. The van der Waals surface area contributed by atoms with Crippen LogP contribution >= 0.6 is 0 Å². The fraction of sp³-hybridized carbons (Fsp3) is 0. The van der Waals surface area contributed by atoms with Gasteiger partial charge in [0, 0.05) is 39.4 Å². The van der Waals surface area contributed by atoms with Crippen LogP contribution in [0.4, 0.5) is 0 Å². The van der Waals surface area contributed by atoms with Gasteiger partial charge >= 0.3 is 65.0 Å². The Labute approximate surface area is 105 Å². The average molecular weight is 400 g/mol. The minimum absolute atomic E-state index is 0. The van der Waals surface area contributed by atoms with E-state index in [4.69, 9.17) is 0 Å². The zero-order valence-corrected chi connectivity index (χ0v) is 13.2. The van der Waals surface area contributed by atoms with E-state index in [0.717, 1.165) is 0 Å². The molecule has 0 heterocycles. The van der Waals surface area contributed by atoms with Gasteiger partial charge in [0.25, 0.3) is 0 Å². The van der Waals surface area contributed by atoms with Gasteiger partial charge in [-0.15, -0.1) is 0 Å². The van der Waals surface area contributed by atoms with E-state index in [1.807, 2.05) is 0 Å². The molecule has 0 atom stereocenters. The SMILES string of the molecule is [Ca+2].[Fe].[H-].[H-].[Nb].[PbH2]. The molecule has 0 fully saturated rings. The van der Waals surface area contributed by atoms with E-state index in [-0.39, 0.29) is 107 Å². The van der Waals surface area contributed by atoms with Crippen LogP contribution < -0.4 is 0 Å². The van der Waals surface area contributed by atoms with E-state index < -0.39 is 0 Å². The zero-order valence-electron chi connectivity index (χ0n) is 4.21. The van der Waals surface area contributed by atoms with Gasteiger partial charge in [0.1, 0.15) is 0 Å². The maximum absolute atomic E-state index is 0. The van der Waals surface area contributed by atoms with E-state index >= 15 is 0 Å². The Morgan fingerprint density at radius 2 is 1.25 bits per heavy atom. The van der Waals surface area contributed by atoms with Gasteiger partial charge in [-0.05, 0) is 0 Å². The minimum atomic E-state index is 0. The van der Waals surface area contributed by atoms with Gasteiger partial charge in [0.15, 0.2) is 0 Å². The Hall–Kier alpha value is 3.44. The summed E-state index contributed by atoms with van der Waals surface area (Å²) in [7, 11) is 0. The van der Waals surface area contributed by atoms with Crippen LogP contribution in [0.1, 0.15) is 2.85 Å². The third-order valence-corrected chi connectivity index (χ3v) is 0. The molecule has 0 aromatic rings. The molecule has 0 saturated heterocycles. The summed E-state index contributed by atoms with van der Waals surface area (Å²) in [5, 5.41) is 0. The van der Waals surface area contributed by atoms with Crippen LogP contribution in [-0.4, -0.2) is 65.0 Å². The molecule has 0 saturated carbocycles. The molecular weight excluding hydrogens is 396 g/mol. The molecule has 3 radical (unpaired) electrons. The molecule has 0 unspecified atom stereocenters. The van der Waals surface area contributed by atoms with Crippen molar-refractivity contribution in [2.75, 3.05) is 0 Å². The standard InChI is InChI=1S/Ca.Fe.Nb.Pb.4H/q+2;;;;;;2*-1. The molecule has 0 N–H and O–H groups in total. The Morgan fingerprint density at radius 3 is 1.25 bits per heavy atom. The second-order valence-corrected chi connectivity index (χ2v) is 0. The fourth-order valence-corrected chi connectivity index (χ4v) is 0. The molecule has 23 valence electrons. The molecule has 0 nitrogen and oxygen atoms in total. The molecule has 0 rings (SSSR count). The van der Waals surface area contributed by atoms with E-state index in [2.05, 4.69) is 0 Å². The van der Waals surface area contributed by atoms with Crippen molar-refractivity contribution in [3.63, 3.8) is 0 Å². The molecule has 0 aliphatic carbocycles. The number of hydrogen-bond acceptors (Lipinski definition) is 0. The van der Waals surface area contributed by atoms with Crippen molar-refractivity contribution in [2.45, 2.75) is 0 Å². The summed E-state index contributed by atoms with van der Waals surface area (Å²) in [6.45, 7) is 0. The second-order valence-electron chi connectivity index (χ2n) is 0. The van der Waals surface area contributed by atoms with Crippen LogP contribution in [0.25, 0.3) is 0 Å². The van der Waals surface area contributed by atoms with Gasteiger partial charge in [0.2, 0.25) is 0 Å². The van der Waals surface area contributed by atoms with Crippen molar-refractivity contribution < 1.29 is 42.3 Å². The van der Waals surface area contributed by atoms with Gasteiger partial charge in [-0.25, -0.2) is 0 Å². The molecule has 0 aliphatic heterocycles. The molecule has 4 heteroatoms. The summed E-state index contributed by atoms with van der Waals surface area (Å²) in [6.07, 6.45) is 0. The van der Waals surface area contributed by atoms with Gasteiger partial charge in [0.05, 0.1) is 0 Å². The molecule has 0 aliphatic rings. The van der Waals surface area contributed by atoms with Gasteiger partial charge in [-0.3, -0.25) is 0 Å². The van der Waals surface area contributed by atoms with Gasteiger partial charge in [-0.2, -0.15) is 0 Å². The first-order valence-corrected chi connectivity index (χ1v) is 0. The van der Waals surface area contributed by atoms with Crippen molar-refractivity contribution in [2.24, 2.45) is 0 Å². The third-order valence-electron chi connectivity index (χ3n) is 0. The van der Waals surface area contributed by atoms with Crippen LogP contribution in [0, 0.1) is 0 Å². The van der Waals surface area contributed by atoms with Gasteiger partial charge in [-0.1, -0.05) is 0 Å². The summed E-state index contributed by atoms with van der Waals surface area (Å²) >= 11 is 0. The van der Waals surface area contributed by atoms with Crippen LogP contribution in [0.15, 0.2) is 0 Å². The molecular formula is H4CaFeNbPb. The normalized spacial score (nSPS) is 0. The Kier molecular flexibility index (Phi) is 105. The topological polar surface area (TPSA) is 0 Å². The summed E-state index contributed by atoms with van der Waals surface area (Å²) in [5.74, 6) is 0. The molecule has 0 amide bonds.